The van der Waals surface area contributed by atoms with Crippen molar-refractivity contribution in [2.24, 2.45) is 0 Å². The number of hydrogen-bond donors (Lipinski definition) is 1. The Morgan fingerprint density at radius 2 is 1.89 bits per heavy atom. The van der Waals surface area contributed by atoms with Gasteiger partial charge in [-0.1, -0.05) is 24.3 Å². The molecule has 35 heavy (non-hydrogen) atoms. The summed E-state index contributed by atoms with van der Waals surface area (Å²) >= 11 is 0. The van der Waals surface area contributed by atoms with Crippen molar-refractivity contribution < 1.29 is 14.3 Å². The van der Waals surface area contributed by atoms with E-state index in [1.165, 1.54) is 0 Å². The molecule has 180 valence electrons. The van der Waals surface area contributed by atoms with Gasteiger partial charge < -0.3 is 19.7 Å². The predicted molar refractivity (Wildman–Crippen MR) is 133 cm³/mol. The van der Waals surface area contributed by atoms with Crippen LogP contribution in [0.25, 0.3) is 17.0 Å². The number of amides is 1. The van der Waals surface area contributed by atoms with Crippen molar-refractivity contribution in [2.75, 3.05) is 18.4 Å². The van der Waals surface area contributed by atoms with Crippen molar-refractivity contribution in [1.29, 1.82) is 0 Å². The summed E-state index contributed by atoms with van der Waals surface area (Å²) in [5.74, 6) is 1.90. The normalized spacial score (nSPS) is 15.9. The molecule has 0 bridgehead atoms. The van der Waals surface area contributed by atoms with E-state index in [-0.39, 0.29) is 12.1 Å². The number of carbonyl (C=O) groups excluding carboxylic acids is 1. The number of likely N-dealkylation sites (tertiary alicyclic amines) is 1. The van der Waals surface area contributed by atoms with Crippen LogP contribution in [-0.4, -0.2) is 55.3 Å². The first-order chi connectivity index (χ1) is 16.8. The summed E-state index contributed by atoms with van der Waals surface area (Å²) < 4.78 is 13.1. The third kappa shape index (κ3) is 5.34. The highest BCUT2D eigenvalue weighted by molar-refractivity contribution is 5.69. The average molecular weight is 473 g/mol. The molecule has 0 radical (unpaired) electrons. The lowest BCUT2D eigenvalue weighted by Crippen LogP contribution is -2.36. The fourth-order valence-electron chi connectivity index (χ4n) is 3.93. The van der Waals surface area contributed by atoms with Gasteiger partial charge >= 0.3 is 6.09 Å². The van der Waals surface area contributed by atoms with Gasteiger partial charge in [0.05, 0.1) is 11.9 Å². The second-order valence-electron chi connectivity index (χ2n) is 9.46. The Kier molecular flexibility index (Phi) is 5.98. The van der Waals surface area contributed by atoms with Crippen LogP contribution in [0, 0.1) is 0 Å². The van der Waals surface area contributed by atoms with E-state index in [9.17, 15) is 4.79 Å². The molecule has 1 saturated heterocycles. The molecular weight excluding hydrogens is 444 g/mol. The Bertz CT molecular complexity index is 1330. The Hall–Kier alpha value is -4.14. The number of aromatic nitrogens is 4. The number of fused-ring (bicyclic) bond motifs is 1. The van der Waals surface area contributed by atoms with Crippen molar-refractivity contribution in [2.45, 2.75) is 38.8 Å². The van der Waals surface area contributed by atoms with Crippen LogP contribution in [0.2, 0.25) is 0 Å². The molecule has 0 spiro atoms. The van der Waals surface area contributed by atoms with Gasteiger partial charge in [0, 0.05) is 25.2 Å². The molecule has 9 nitrogen and oxygen atoms in total. The number of nitrogens with zero attached hydrogens (tertiary/aromatic N) is 5. The van der Waals surface area contributed by atoms with Gasteiger partial charge in [-0.25, -0.2) is 19.3 Å². The lowest BCUT2D eigenvalue weighted by atomic mass is 10.2. The monoisotopic (exact) mass is 472 g/mol. The van der Waals surface area contributed by atoms with Gasteiger partial charge in [0.2, 0.25) is 5.88 Å². The van der Waals surface area contributed by atoms with Gasteiger partial charge in [-0.05, 0) is 57.5 Å². The number of pyridine rings is 1. The van der Waals surface area contributed by atoms with Crippen LogP contribution in [0.15, 0.2) is 66.9 Å². The molecule has 4 aromatic rings. The van der Waals surface area contributed by atoms with Crippen LogP contribution in [-0.2, 0) is 4.74 Å². The smallest absolute Gasteiger partial charge is 0.410 e. The molecule has 4 heterocycles. The highest BCUT2D eigenvalue weighted by Gasteiger charge is 2.30. The zero-order valence-electron chi connectivity index (χ0n) is 20.0. The van der Waals surface area contributed by atoms with E-state index in [1.54, 1.807) is 21.7 Å². The first kappa shape index (κ1) is 22.6. The van der Waals surface area contributed by atoms with Crippen LogP contribution < -0.4 is 10.1 Å². The topological polar surface area (TPSA) is 93.9 Å². The number of imidazole rings is 1. The molecule has 1 amide bonds. The summed E-state index contributed by atoms with van der Waals surface area (Å²) in [4.78, 5) is 23.3. The first-order valence-electron chi connectivity index (χ1n) is 11.6. The number of para-hydroxylation sites is 1. The maximum Gasteiger partial charge on any atom is 0.410 e. The summed E-state index contributed by atoms with van der Waals surface area (Å²) in [6.07, 6.45) is 2.29. The third-order valence-corrected chi connectivity index (χ3v) is 5.51. The fraction of sp³-hybridized carbons (Fsp3) is 0.308. The second-order valence-corrected chi connectivity index (χ2v) is 9.46. The maximum atomic E-state index is 12.4. The van der Waals surface area contributed by atoms with Crippen molar-refractivity contribution in [3.8, 4) is 23.0 Å². The molecule has 1 aliphatic heterocycles. The van der Waals surface area contributed by atoms with E-state index in [2.05, 4.69) is 15.4 Å². The second kappa shape index (κ2) is 9.25. The van der Waals surface area contributed by atoms with Gasteiger partial charge in [-0.3, -0.25) is 0 Å². The van der Waals surface area contributed by atoms with E-state index < -0.39 is 5.60 Å². The molecule has 0 saturated carbocycles. The van der Waals surface area contributed by atoms with Crippen LogP contribution in [0.4, 0.5) is 10.6 Å². The molecule has 1 atom stereocenters. The van der Waals surface area contributed by atoms with Gasteiger partial charge in [0.1, 0.15) is 22.9 Å². The van der Waals surface area contributed by atoms with Gasteiger partial charge in [-0.2, -0.15) is 0 Å². The largest absolute Gasteiger partial charge is 0.444 e. The lowest BCUT2D eigenvalue weighted by molar-refractivity contribution is 0.0293. The van der Waals surface area contributed by atoms with E-state index in [1.807, 2.05) is 75.4 Å². The quantitative estimate of drug-likeness (QED) is 0.437. The maximum absolute atomic E-state index is 12.4. The Morgan fingerprint density at radius 3 is 2.69 bits per heavy atom. The Labute approximate surface area is 203 Å². The highest BCUT2D eigenvalue weighted by Crippen LogP contribution is 2.24. The summed E-state index contributed by atoms with van der Waals surface area (Å²) in [5, 5.41) is 8.06. The Balaban J connectivity index is 1.31. The zero-order chi connectivity index (χ0) is 24.4. The third-order valence-electron chi connectivity index (χ3n) is 5.51. The minimum absolute atomic E-state index is 0.0939. The fourth-order valence-corrected chi connectivity index (χ4v) is 3.93. The van der Waals surface area contributed by atoms with Crippen molar-refractivity contribution in [3.63, 3.8) is 0 Å². The number of anilines is 1. The standard InChI is InChI=1S/C26H28N6O3/c1-26(2,3)35-25(33)31-15-14-18(17-31)28-22-11-7-10-20(29-22)21-16-27-23-12-13-24(30-32(21)23)34-19-8-5-4-6-9-19/h4-13,16,18H,14-15,17H2,1-3H3,(H,28,29). The molecule has 9 heteroatoms. The number of hydrogen-bond acceptors (Lipinski definition) is 7. The number of ether oxygens (including phenoxy) is 2. The molecule has 1 fully saturated rings. The van der Waals surface area contributed by atoms with E-state index in [4.69, 9.17) is 14.5 Å². The van der Waals surface area contributed by atoms with Crippen LogP contribution >= 0.6 is 0 Å². The SMILES string of the molecule is CC(C)(C)OC(=O)N1CCC(Nc2cccc(-c3cnc4ccc(Oc5ccccc5)nn34)n2)C1. The summed E-state index contributed by atoms with van der Waals surface area (Å²) in [6, 6.07) is 19.0. The minimum atomic E-state index is -0.507. The number of carbonyl (C=O) groups is 1. The molecular formula is C26H28N6O3. The average Bonchev–Trinajstić information content (AvgIpc) is 3.46. The minimum Gasteiger partial charge on any atom is -0.444 e. The first-order valence-corrected chi connectivity index (χ1v) is 11.6. The zero-order valence-corrected chi connectivity index (χ0v) is 20.0. The van der Waals surface area contributed by atoms with E-state index in [0.29, 0.717) is 30.4 Å². The summed E-state index contributed by atoms with van der Waals surface area (Å²) in [5.41, 5.74) is 1.68. The summed E-state index contributed by atoms with van der Waals surface area (Å²) in [6.45, 7) is 6.83. The highest BCUT2D eigenvalue weighted by atomic mass is 16.6. The van der Waals surface area contributed by atoms with Crippen molar-refractivity contribution in [3.05, 3.63) is 66.9 Å². The predicted octanol–water partition coefficient (Wildman–Crippen LogP) is 5.00. The number of rotatable bonds is 5. The van der Waals surface area contributed by atoms with Crippen LogP contribution in [0.5, 0.6) is 11.6 Å². The summed E-state index contributed by atoms with van der Waals surface area (Å²) in [7, 11) is 0. The van der Waals surface area contributed by atoms with Crippen molar-refractivity contribution >= 4 is 17.6 Å². The molecule has 1 aliphatic rings. The van der Waals surface area contributed by atoms with Crippen LogP contribution in [0.1, 0.15) is 27.2 Å². The van der Waals surface area contributed by atoms with E-state index in [0.717, 1.165) is 23.6 Å². The lowest BCUT2D eigenvalue weighted by Gasteiger charge is -2.24. The molecule has 0 aliphatic carbocycles. The molecule has 5 rings (SSSR count). The number of nitrogens with one attached hydrogen (secondary N) is 1. The van der Waals surface area contributed by atoms with Crippen LogP contribution in [0.3, 0.4) is 0 Å². The Morgan fingerprint density at radius 1 is 1.06 bits per heavy atom. The molecule has 3 aromatic heterocycles. The van der Waals surface area contributed by atoms with Gasteiger partial charge in [-0.15, -0.1) is 5.10 Å². The van der Waals surface area contributed by atoms with E-state index >= 15 is 0 Å². The molecule has 1 N–H and O–H groups in total. The molecule has 1 unspecified atom stereocenters. The molecule has 1 aromatic carbocycles. The van der Waals surface area contributed by atoms with Gasteiger partial charge in [0.25, 0.3) is 0 Å². The van der Waals surface area contributed by atoms with Gasteiger partial charge in [0.15, 0.2) is 5.65 Å². The van der Waals surface area contributed by atoms with Crippen molar-refractivity contribution in [1.82, 2.24) is 24.5 Å². The number of benzene rings is 1.